The van der Waals surface area contributed by atoms with Gasteiger partial charge in [0.05, 0.1) is 6.04 Å². The third-order valence-corrected chi connectivity index (χ3v) is 2.86. The molecular formula is C15H24N2O. The monoisotopic (exact) mass is 248 g/mol. The van der Waals surface area contributed by atoms with Gasteiger partial charge in [-0.15, -0.1) is 0 Å². The van der Waals surface area contributed by atoms with Crippen molar-refractivity contribution in [3.63, 3.8) is 0 Å². The summed E-state index contributed by atoms with van der Waals surface area (Å²) in [5, 5.41) is 6.25. The second-order valence-corrected chi connectivity index (χ2v) is 5.06. The first-order valence-corrected chi connectivity index (χ1v) is 6.58. The average Bonchev–Trinajstić information content (AvgIpc) is 2.29. The maximum Gasteiger partial charge on any atom is 0.221 e. The Bertz CT molecular complexity index is 371. The molecule has 0 heterocycles. The van der Waals surface area contributed by atoms with Crippen molar-refractivity contribution in [2.45, 2.75) is 46.2 Å². The molecule has 0 aliphatic carbocycles. The second kappa shape index (κ2) is 7.17. The number of hydrogen-bond acceptors (Lipinski definition) is 2. The van der Waals surface area contributed by atoms with Gasteiger partial charge < -0.3 is 10.6 Å². The van der Waals surface area contributed by atoms with Crippen molar-refractivity contribution in [2.75, 3.05) is 6.54 Å². The Morgan fingerprint density at radius 1 is 1.17 bits per heavy atom. The number of carbonyl (C=O) groups excluding carboxylic acids is 1. The van der Waals surface area contributed by atoms with E-state index in [0.717, 1.165) is 12.1 Å². The van der Waals surface area contributed by atoms with Crippen molar-refractivity contribution in [3.8, 4) is 0 Å². The molecule has 3 heteroatoms. The summed E-state index contributed by atoms with van der Waals surface area (Å²) in [5.41, 5.74) is 2.38. The van der Waals surface area contributed by atoms with E-state index in [-0.39, 0.29) is 11.9 Å². The number of hydrogen-bond donors (Lipinski definition) is 2. The highest BCUT2D eigenvalue weighted by Gasteiger charge is 2.08. The van der Waals surface area contributed by atoms with Gasteiger partial charge in [-0.1, -0.05) is 43.7 Å². The van der Waals surface area contributed by atoms with Crippen molar-refractivity contribution in [1.29, 1.82) is 0 Å². The predicted molar refractivity (Wildman–Crippen MR) is 75.5 cm³/mol. The Morgan fingerprint density at radius 3 is 2.33 bits per heavy atom. The standard InChI is InChI=1S/C15H24N2O/c1-11(2)16-10-9-15(18)17-13(4)14-7-5-12(3)6-8-14/h5-8,11,13,16H,9-10H2,1-4H3,(H,17,18)/t13-/m1/s1. The summed E-state index contributed by atoms with van der Waals surface area (Å²) in [6, 6.07) is 8.75. The number of amides is 1. The van der Waals surface area contributed by atoms with Crippen molar-refractivity contribution >= 4 is 5.91 Å². The van der Waals surface area contributed by atoms with Crippen LogP contribution in [0.1, 0.15) is 44.4 Å². The van der Waals surface area contributed by atoms with Gasteiger partial charge >= 0.3 is 0 Å². The third kappa shape index (κ3) is 5.32. The van der Waals surface area contributed by atoms with Gasteiger partial charge in [0.25, 0.3) is 0 Å². The van der Waals surface area contributed by atoms with Gasteiger partial charge in [0.2, 0.25) is 5.91 Å². The molecule has 1 rings (SSSR count). The molecule has 100 valence electrons. The normalized spacial score (nSPS) is 12.5. The molecular weight excluding hydrogens is 224 g/mol. The second-order valence-electron chi connectivity index (χ2n) is 5.06. The zero-order chi connectivity index (χ0) is 13.5. The van der Waals surface area contributed by atoms with Crippen LogP contribution < -0.4 is 10.6 Å². The van der Waals surface area contributed by atoms with E-state index in [1.807, 2.05) is 6.92 Å². The van der Waals surface area contributed by atoms with Crippen LogP contribution in [-0.4, -0.2) is 18.5 Å². The third-order valence-electron chi connectivity index (χ3n) is 2.86. The van der Waals surface area contributed by atoms with Gasteiger partial charge in [0.15, 0.2) is 0 Å². The molecule has 0 radical (unpaired) electrons. The van der Waals surface area contributed by atoms with E-state index >= 15 is 0 Å². The fraction of sp³-hybridized carbons (Fsp3) is 0.533. The molecule has 0 aliphatic heterocycles. The van der Waals surface area contributed by atoms with E-state index in [1.54, 1.807) is 0 Å². The molecule has 0 saturated carbocycles. The van der Waals surface area contributed by atoms with Crippen LogP contribution in [0, 0.1) is 6.92 Å². The maximum atomic E-state index is 11.7. The SMILES string of the molecule is Cc1ccc([C@@H](C)NC(=O)CCNC(C)C)cc1. The molecule has 1 atom stereocenters. The summed E-state index contributed by atoms with van der Waals surface area (Å²) in [4.78, 5) is 11.7. The molecule has 1 amide bonds. The summed E-state index contributed by atoms with van der Waals surface area (Å²) in [6.45, 7) is 8.95. The highest BCUT2D eigenvalue weighted by Crippen LogP contribution is 2.12. The average molecular weight is 248 g/mol. The van der Waals surface area contributed by atoms with Crippen molar-refractivity contribution < 1.29 is 4.79 Å². The Kier molecular flexibility index (Phi) is 5.86. The lowest BCUT2D eigenvalue weighted by Gasteiger charge is -2.15. The quantitative estimate of drug-likeness (QED) is 0.812. The fourth-order valence-electron chi connectivity index (χ4n) is 1.73. The molecule has 2 N–H and O–H groups in total. The molecule has 18 heavy (non-hydrogen) atoms. The molecule has 0 spiro atoms. The van der Waals surface area contributed by atoms with E-state index in [9.17, 15) is 4.79 Å². The van der Waals surface area contributed by atoms with Gasteiger partial charge in [-0.3, -0.25) is 4.79 Å². The van der Waals surface area contributed by atoms with Crippen molar-refractivity contribution in [2.24, 2.45) is 0 Å². The number of nitrogens with one attached hydrogen (secondary N) is 2. The van der Waals surface area contributed by atoms with Crippen molar-refractivity contribution in [3.05, 3.63) is 35.4 Å². The van der Waals surface area contributed by atoms with Crippen LogP contribution in [0.4, 0.5) is 0 Å². The lowest BCUT2D eigenvalue weighted by molar-refractivity contribution is -0.121. The molecule has 0 aromatic heterocycles. The van der Waals surface area contributed by atoms with Crippen LogP contribution in [0.3, 0.4) is 0 Å². The van der Waals surface area contributed by atoms with Gasteiger partial charge in [0, 0.05) is 19.0 Å². The molecule has 0 saturated heterocycles. The van der Waals surface area contributed by atoms with Crippen LogP contribution in [0.25, 0.3) is 0 Å². The zero-order valence-electron chi connectivity index (χ0n) is 11.8. The largest absolute Gasteiger partial charge is 0.350 e. The van der Waals surface area contributed by atoms with Gasteiger partial charge in [-0.05, 0) is 19.4 Å². The van der Waals surface area contributed by atoms with E-state index in [1.165, 1.54) is 5.56 Å². The van der Waals surface area contributed by atoms with Crippen molar-refractivity contribution in [1.82, 2.24) is 10.6 Å². The first kappa shape index (κ1) is 14.7. The molecule has 0 bridgehead atoms. The van der Waals surface area contributed by atoms with E-state index in [4.69, 9.17) is 0 Å². The molecule has 3 nitrogen and oxygen atoms in total. The topological polar surface area (TPSA) is 41.1 Å². The zero-order valence-corrected chi connectivity index (χ0v) is 11.8. The van der Waals surface area contributed by atoms with Crippen LogP contribution in [0.2, 0.25) is 0 Å². The molecule has 0 unspecified atom stereocenters. The van der Waals surface area contributed by atoms with Gasteiger partial charge in [-0.25, -0.2) is 0 Å². The van der Waals surface area contributed by atoms with Crippen LogP contribution in [0.5, 0.6) is 0 Å². The highest BCUT2D eigenvalue weighted by atomic mass is 16.1. The number of benzene rings is 1. The van der Waals surface area contributed by atoms with Crippen LogP contribution in [-0.2, 0) is 4.79 Å². The minimum Gasteiger partial charge on any atom is -0.350 e. The first-order chi connectivity index (χ1) is 8.49. The summed E-state index contributed by atoms with van der Waals surface area (Å²) >= 11 is 0. The molecule has 0 fully saturated rings. The smallest absolute Gasteiger partial charge is 0.221 e. The van der Waals surface area contributed by atoms with Crippen LogP contribution in [0.15, 0.2) is 24.3 Å². The molecule has 0 aliphatic rings. The lowest BCUT2D eigenvalue weighted by Crippen LogP contribution is -2.31. The van der Waals surface area contributed by atoms with Gasteiger partial charge in [-0.2, -0.15) is 0 Å². The Hall–Kier alpha value is -1.35. The lowest BCUT2D eigenvalue weighted by atomic mass is 10.1. The highest BCUT2D eigenvalue weighted by molar-refractivity contribution is 5.76. The molecule has 1 aromatic rings. The summed E-state index contributed by atoms with van der Waals surface area (Å²) < 4.78 is 0. The predicted octanol–water partition coefficient (Wildman–Crippen LogP) is 2.56. The minimum absolute atomic E-state index is 0.0668. The Balaban J connectivity index is 2.37. The number of aryl methyl sites for hydroxylation is 1. The summed E-state index contributed by atoms with van der Waals surface area (Å²) in [5.74, 6) is 0.0937. The summed E-state index contributed by atoms with van der Waals surface area (Å²) in [7, 11) is 0. The fourth-order valence-corrected chi connectivity index (χ4v) is 1.73. The van der Waals surface area contributed by atoms with E-state index in [2.05, 4.69) is 55.7 Å². The Morgan fingerprint density at radius 2 is 1.78 bits per heavy atom. The number of rotatable bonds is 6. The maximum absolute atomic E-state index is 11.7. The minimum atomic E-state index is 0.0668. The van der Waals surface area contributed by atoms with E-state index < -0.39 is 0 Å². The van der Waals surface area contributed by atoms with Gasteiger partial charge in [0.1, 0.15) is 0 Å². The van der Waals surface area contributed by atoms with E-state index in [0.29, 0.717) is 12.5 Å². The Labute approximate surface area is 110 Å². The number of carbonyl (C=O) groups is 1. The first-order valence-electron chi connectivity index (χ1n) is 6.58. The van der Waals surface area contributed by atoms with Crippen LogP contribution >= 0.6 is 0 Å². The molecule has 1 aromatic carbocycles. The summed E-state index contributed by atoms with van der Waals surface area (Å²) in [6.07, 6.45) is 0.522.